The fourth-order valence-corrected chi connectivity index (χ4v) is 2.53. The summed E-state index contributed by atoms with van der Waals surface area (Å²) < 4.78 is 0. The number of unbranched alkanes of at least 4 members (excludes halogenated alkanes) is 1. The summed E-state index contributed by atoms with van der Waals surface area (Å²) in [6, 6.07) is -2.71. The maximum atomic E-state index is 12.6. The third kappa shape index (κ3) is 10.2. The highest BCUT2D eigenvalue weighted by Crippen LogP contribution is 2.10. The Kier molecular flexibility index (Phi) is 12.8. The summed E-state index contributed by atoms with van der Waals surface area (Å²) in [5, 5.41) is 16.9. The second-order valence-electron chi connectivity index (χ2n) is 7.60. The Morgan fingerprint density at radius 3 is 2.10 bits per heavy atom. The molecule has 10 heteroatoms. The molecule has 0 saturated heterocycles. The Hall–Kier alpha value is -2.20. The lowest BCUT2D eigenvalue weighted by Crippen LogP contribution is -2.56. The van der Waals surface area contributed by atoms with Crippen molar-refractivity contribution >= 4 is 23.7 Å². The Bertz CT molecular complexity index is 555. The molecular formula is C19H37N5O5. The molecule has 3 amide bonds. The average Bonchev–Trinajstić information content (AvgIpc) is 2.67. The van der Waals surface area contributed by atoms with E-state index < -0.39 is 41.8 Å². The summed E-state index contributed by atoms with van der Waals surface area (Å²) in [6.07, 6.45) is 2.07. The lowest BCUT2D eigenvalue weighted by Gasteiger charge is -2.25. The average molecular weight is 416 g/mol. The van der Waals surface area contributed by atoms with E-state index in [2.05, 4.69) is 16.0 Å². The normalized spacial score (nSPS) is 15.1. The third-order valence-electron chi connectivity index (χ3n) is 4.82. The summed E-state index contributed by atoms with van der Waals surface area (Å²) in [5.41, 5.74) is 11.1. The molecule has 0 saturated carbocycles. The third-order valence-corrected chi connectivity index (χ3v) is 4.82. The number of carboxylic acids is 1. The maximum Gasteiger partial charge on any atom is 0.326 e. The predicted molar refractivity (Wildman–Crippen MR) is 110 cm³/mol. The molecule has 0 fully saturated rings. The van der Waals surface area contributed by atoms with Crippen LogP contribution in [-0.4, -0.2) is 60.0 Å². The van der Waals surface area contributed by atoms with Gasteiger partial charge in [-0.05, 0) is 37.6 Å². The van der Waals surface area contributed by atoms with Crippen molar-refractivity contribution in [2.45, 2.75) is 71.5 Å². The molecule has 0 rings (SSSR count). The van der Waals surface area contributed by atoms with Gasteiger partial charge >= 0.3 is 5.97 Å². The first-order valence-electron chi connectivity index (χ1n) is 10.1. The summed E-state index contributed by atoms with van der Waals surface area (Å²) in [4.78, 5) is 48.2. The van der Waals surface area contributed by atoms with Crippen molar-refractivity contribution in [1.29, 1.82) is 0 Å². The smallest absolute Gasteiger partial charge is 0.326 e. The van der Waals surface area contributed by atoms with E-state index >= 15 is 0 Å². The van der Waals surface area contributed by atoms with Crippen LogP contribution in [0.15, 0.2) is 0 Å². The number of rotatable bonds is 14. The topological polar surface area (TPSA) is 177 Å². The van der Waals surface area contributed by atoms with E-state index in [4.69, 9.17) is 11.5 Å². The van der Waals surface area contributed by atoms with Crippen molar-refractivity contribution in [3.8, 4) is 0 Å². The van der Waals surface area contributed by atoms with Gasteiger partial charge in [0.05, 0.1) is 12.6 Å². The van der Waals surface area contributed by atoms with Gasteiger partial charge in [0, 0.05) is 0 Å². The van der Waals surface area contributed by atoms with Gasteiger partial charge in [-0.15, -0.1) is 0 Å². The highest BCUT2D eigenvalue weighted by molar-refractivity contribution is 5.92. The zero-order chi connectivity index (χ0) is 22.6. The Balaban J connectivity index is 4.93. The van der Waals surface area contributed by atoms with Gasteiger partial charge in [-0.25, -0.2) is 4.79 Å². The van der Waals surface area contributed by atoms with Crippen LogP contribution in [0.25, 0.3) is 0 Å². The summed E-state index contributed by atoms with van der Waals surface area (Å²) in [7, 11) is 0. The molecule has 0 aromatic heterocycles. The van der Waals surface area contributed by atoms with E-state index in [1.54, 1.807) is 20.8 Å². The molecule has 0 aromatic rings. The number of nitrogens with two attached hydrogens (primary N) is 2. The Labute approximate surface area is 172 Å². The van der Waals surface area contributed by atoms with E-state index in [0.29, 0.717) is 25.8 Å². The molecule has 0 radical (unpaired) electrons. The van der Waals surface area contributed by atoms with Crippen LogP contribution in [0.5, 0.6) is 0 Å². The monoisotopic (exact) mass is 415 g/mol. The highest BCUT2D eigenvalue weighted by atomic mass is 16.4. The van der Waals surface area contributed by atoms with Crippen LogP contribution in [0.4, 0.5) is 0 Å². The van der Waals surface area contributed by atoms with Crippen LogP contribution in [0.2, 0.25) is 0 Å². The molecule has 4 unspecified atom stereocenters. The molecular weight excluding hydrogens is 378 g/mol. The zero-order valence-corrected chi connectivity index (χ0v) is 17.9. The number of carbonyl (C=O) groups is 4. The number of aliphatic carboxylic acids is 1. The second kappa shape index (κ2) is 13.9. The van der Waals surface area contributed by atoms with Gasteiger partial charge in [0.2, 0.25) is 17.7 Å². The quantitative estimate of drug-likeness (QED) is 0.203. The summed E-state index contributed by atoms with van der Waals surface area (Å²) in [5.74, 6) is -3.03. The van der Waals surface area contributed by atoms with E-state index in [1.165, 1.54) is 0 Å². The highest BCUT2D eigenvalue weighted by Gasteiger charge is 2.29. The number of amides is 3. The van der Waals surface area contributed by atoms with Gasteiger partial charge in [-0.1, -0.05) is 34.1 Å². The SMILES string of the molecule is CCC(C)C(NC(=O)CNC(=O)C(N)C(C)C)C(=O)NC(CCCCN)C(=O)O. The number of nitrogens with one attached hydrogen (secondary N) is 3. The fraction of sp³-hybridized carbons (Fsp3) is 0.789. The van der Waals surface area contributed by atoms with Gasteiger partial charge in [0.1, 0.15) is 12.1 Å². The number of carboxylic acid groups (broad SMARTS) is 1. The molecule has 168 valence electrons. The van der Waals surface area contributed by atoms with Crippen molar-refractivity contribution in [2.24, 2.45) is 23.3 Å². The molecule has 0 spiro atoms. The predicted octanol–water partition coefficient (Wildman–Crippen LogP) is -0.685. The first-order chi connectivity index (χ1) is 13.5. The van der Waals surface area contributed by atoms with Crippen LogP contribution < -0.4 is 27.4 Å². The standard InChI is InChI=1S/C19H37N5O5/c1-5-12(4)16(18(27)23-13(19(28)29)8-6-7-9-20)24-14(25)10-22-17(26)15(21)11(2)3/h11-13,15-16H,5-10,20-21H2,1-4H3,(H,22,26)(H,23,27)(H,24,25)(H,28,29). The lowest BCUT2D eigenvalue weighted by molar-refractivity contribution is -0.142. The number of hydrogen-bond donors (Lipinski definition) is 6. The van der Waals surface area contributed by atoms with E-state index in [9.17, 15) is 24.3 Å². The fourth-order valence-electron chi connectivity index (χ4n) is 2.53. The molecule has 0 bridgehead atoms. The molecule has 0 aromatic carbocycles. The molecule has 0 aliphatic carbocycles. The lowest BCUT2D eigenvalue weighted by atomic mass is 9.97. The van der Waals surface area contributed by atoms with Gasteiger partial charge in [-0.2, -0.15) is 0 Å². The first-order valence-corrected chi connectivity index (χ1v) is 10.1. The summed E-state index contributed by atoms with van der Waals surface area (Å²) in [6.45, 7) is 7.34. The Morgan fingerprint density at radius 1 is 1.00 bits per heavy atom. The Morgan fingerprint density at radius 2 is 1.62 bits per heavy atom. The minimum atomic E-state index is -1.14. The van der Waals surface area contributed by atoms with Gasteiger partial charge in [-0.3, -0.25) is 14.4 Å². The number of carbonyl (C=O) groups excluding carboxylic acids is 3. The molecule has 29 heavy (non-hydrogen) atoms. The van der Waals surface area contributed by atoms with Gasteiger partial charge in [0.15, 0.2) is 0 Å². The van der Waals surface area contributed by atoms with Gasteiger partial charge in [0.25, 0.3) is 0 Å². The van der Waals surface area contributed by atoms with E-state index in [1.807, 2.05) is 6.92 Å². The van der Waals surface area contributed by atoms with Crippen molar-refractivity contribution < 1.29 is 24.3 Å². The molecule has 0 aliphatic rings. The van der Waals surface area contributed by atoms with E-state index in [0.717, 1.165) is 0 Å². The molecule has 10 nitrogen and oxygen atoms in total. The maximum absolute atomic E-state index is 12.6. The molecule has 8 N–H and O–H groups in total. The van der Waals surface area contributed by atoms with Crippen LogP contribution in [0.3, 0.4) is 0 Å². The van der Waals surface area contributed by atoms with Crippen molar-refractivity contribution in [2.75, 3.05) is 13.1 Å². The summed E-state index contributed by atoms with van der Waals surface area (Å²) >= 11 is 0. The number of hydrogen-bond acceptors (Lipinski definition) is 6. The molecule has 0 heterocycles. The minimum Gasteiger partial charge on any atom is -0.480 e. The molecule has 0 aliphatic heterocycles. The van der Waals surface area contributed by atoms with Crippen LogP contribution in [0, 0.1) is 11.8 Å². The largest absolute Gasteiger partial charge is 0.480 e. The van der Waals surface area contributed by atoms with Crippen molar-refractivity contribution in [3.63, 3.8) is 0 Å². The van der Waals surface area contributed by atoms with E-state index in [-0.39, 0.29) is 24.8 Å². The second-order valence-corrected chi connectivity index (χ2v) is 7.60. The van der Waals surface area contributed by atoms with Crippen LogP contribution >= 0.6 is 0 Å². The van der Waals surface area contributed by atoms with Crippen LogP contribution in [0.1, 0.15) is 53.4 Å². The molecule has 4 atom stereocenters. The first kappa shape index (κ1) is 26.8. The van der Waals surface area contributed by atoms with Crippen LogP contribution in [-0.2, 0) is 19.2 Å². The minimum absolute atomic E-state index is 0.0797. The zero-order valence-electron chi connectivity index (χ0n) is 17.9. The van der Waals surface area contributed by atoms with Crippen molar-refractivity contribution in [1.82, 2.24) is 16.0 Å². The van der Waals surface area contributed by atoms with Gasteiger partial charge < -0.3 is 32.5 Å². The van der Waals surface area contributed by atoms with Crippen molar-refractivity contribution in [3.05, 3.63) is 0 Å².